The molecule has 1 heterocycles. The molecule has 0 saturated heterocycles. The Balaban J connectivity index is 1.39. The van der Waals surface area contributed by atoms with Crippen molar-refractivity contribution in [1.29, 1.82) is 0 Å². The van der Waals surface area contributed by atoms with E-state index in [1.165, 1.54) is 22.5 Å². The van der Waals surface area contributed by atoms with Crippen LogP contribution in [0.15, 0.2) is 53.1 Å². The van der Waals surface area contributed by atoms with Crippen LogP contribution in [0.2, 0.25) is 0 Å². The molecule has 1 fully saturated rings. The lowest BCUT2D eigenvalue weighted by atomic mass is 9.98. The zero-order chi connectivity index (χ0) is 21.1. The predicted molar refractivity (Wildman–Crippen MR) is 119 cm³/mol. The highest BCUT2D eigenvalue weighted by Crippen LogP contribution is 2.37. The van der Waals surface area contributed by atoms with E-state index in [1.807, 2.05) is 17.0 Å². The van der Waals surface area contributed by atoms with Gasteiger partial charge >= 0.3 is 0 Å². The van der Waals surface area contributed by atoms with Gasteiger partial charge in [-0.3, -0.25) is 9.59 Å². The Labute approximate surface area is 180 Å². The molecule has 0 spiro atoms. The molecule has 3 aromatic rings. The van der Waals surface area contributed by atoms with Gasteiger partial charge in [-0.2, -0.15) is 0 Å². The van der Waals surface area contributed by atoms with Crippen LogP contribution in [0.25, 0.3) is 10.8 Å². The molecule has 4 rings (SSSR count). The van der Waals surface area contributed by atoms with Crippen molar-refractivity contribution in [2.24, 2.45) is 0 Å². The van der Waals surface area contributed by atoms with Gasteiger partial charge in [0.05, 0.1) is 17.5 Å². The van der Waals surface area contributed by atoms with Gasteiger partial charge in [0, 0.05) is 12.1 Å². The summed E-state index contributed by atoms with van der Waals surface area (Å²) in [4.78, 5) is 27.2. The van der Waals surface area contributed by atoms with Gasteiger partial charge in [0.15, 0.2) is 5.82 Å². The molecule has 1 atom stereocenters. The lowest BCUT2D eigenvalue weighted by Gasteiger charge is -2.30. The van der Waals surface area contributed by atoms with E-state index in [-0.39, 0.29) is 29.4 Å². The van der Waals surface area contributed by atoms with E-state index in [4.69, 9.17) is 4.52 Å². The Kier molecular flexibility index (Phi) is 6.08. The third-order valence-electron chi connectivity index (χ3n) is 5.27. The summed E-state index contributed by atoms with van der Waals surface area (Å²) in [5, 5.41) is 8.79. The van der Waals surface area contributed by atoms with Crippen LogP contribution in [0.3, 0.4) is 0 Å². The first-order valence-electron chi connectivity index (χ1n) is 10.1. The van der Waals surface area contributed by atoms with Crippen LogP contribution in [0.1, 0.15) is 37.1 Å². The summed E-state index contributed by atoms with van der Waals surface area (Å²) in [6.07, 6.45) is 2.08. The number of fused-ring (bicyclic) bond motifs is 1. The van der Waals surface area contributed by atoms with Crippen LogP contribution >= 0.6 is 11.8 Å². The molecule has 30 heavy (non-hydrogen) atoms. The summed E-state index contributed by atoms with van der Waals surface area (Å²) in [5.41, 5.74) is 1.16. The number of nitrogens with zero attached hydrogens (tertiary/aromatic N) is 2. The van der Waals surface area contributed by atoms with E-state index in [2.05, 4.69) is 47.7 Å². The van der Waals surface area contributed by atoms with Crippen molar-refractivity contribution < 1.29 is 14.1 Å². The summed E-state index contributed by atoms with van der Waals surface area (Å²) in [5.74, 6) is 1.38. The minimum Gasteiger partial charge on any atom is -0.360 e. The van der Waals surface area contributed by atoms with Crippen LogP contribution in [0, 0.1) is 6.92 Å². The monoisotopic (exact) mass is 423 g/mol. The number of benzene rings is 2. The smallest absolute Gasteiger partial charge is 0.235 e. The number of hydrogen-bond donors (Lipinski definition) is 1. The van der Waals surface area contributed by atoms with E-state index >= 15 is 0 Å². The number of thioether (sulfide) groups is 1. The molecule has 6 nitrogen and oxygen atoms in total. The zero-order valence-corrected chi connectivity index (χ0v) is 17.9. The minimum absolute atomic E-state index is 0.0105. The van der Waals surface area contributed by atoms with Gasteiger partial charge in [0.1, 0.15) is 5.76 Å². The Bertz CT molecular complexity index is 1060. The highest BCUT2D eigenvalue weighted by Gasteiger charge is 2.36. The number of carbonyl (C=O) groups is 2. The maximum Gasteiger partial charge on any atom is 0.235 e. The molecular weight excluding hydrogens is 398 g/mol. The number of aromatic nitrogens is 1. The van der Waals surface area contributed by atoms with Crippen molar-refractivity contribution in [3.05, 3.63) is 59.9 Å². The van der Waals surface area contributed by atoms with Gasteiger partial charge in [-0.1, -0.05) is 47.6 Å². The second kappa shape index (κ2) is 8.92. The molecule has 0 aliphatic heterocycles. The molecule has 7 heteroatoms. The molecule has 1 aliphatic rings. The standard InChI is InChI=1S/C23H25N3O3S/c1-15-12-21(25-29-15)24-22(27)13-30-14-23(28)26(18-10-11-18)16(2)19-9-5-7-17-6-3-4-8-20(17)19/h3-9,12,16,18H,10-11,13-14H2,1-2H3,(H,24,25,27)/t16-/m1/s1. The zero-order valence-electron chi connectivity index (χ0n) is 17.1. The second-order valence-electron chi connectivity index (χ2n) is 7.64. The number of anilines is 1. The normalized spacial score (nSPS) is 14.5. The molecule has 0 radical (unpaired) electrons. The van der Waals surface area contributed by atoms with Gasteiger partial charge < -0.3 is 14.7 Å². The van der Waals surface area contributed by atoms with Gasteiger partial charge in [-0.15, -0.1) is 11.8 Å². The van der Waals surface area contributed by atoms with Crippen molar-refractivity contribution in [2.45, 2.75) is 38.8 Å². The van der Waals surface area contributed by atoms with E-state index in [9.17, 15) is 9.59 Å². The summed E-state index contributed by atoms with van der Waals surface area (Å²) >= 11 is 1.32. The maximum atomic E-state index is 13.1. The number of rotatable bonds is 8. The van der Waals surface area contributed by atoms with Crippen LogP contribution in [0.5, 0.6) is 0 Å². The topological polar surface area (TPSA) is 75.4 Å². The fourth-order valence-electron chi connectivity index (χ4n) is 3.76. The molecule has 0 unspecified atom stereocenters. The van der Waals surface area contributed by atoms with Crippen LogP contribution in [-0.2, 0) is 9.59 Å². The first kappa shape index (κ1) is 20.5. The molecule has 0 bridgehead atoms. The van der Waals surface area contributed by atoms with Crippen LogP contribution < -0.4 is 5.32 Å². The van der Waals surface area contributed by atoms with E-state index < -0.39 is 0 Å². The Morgan fingerprint density at radius 3 is 2.70 bits per heavy atom. The SMILES string of the molecule is Cc1cc(NC(=O)CSCC(=O)N(C2CC2)[C@H](C)c2cccc3ccccc23)no1. The number of amides is 2. The molecule has 156 valence electrons. The van der Waals surface area contributed by atoms with Crippen LogP contribution in [0.4, 0.5) is 5.82 Å². The highest BCUT2D eigenvalue weighted by molar-refractivity contribution is 8.00. The van der Waals surface area contributed by atoms with Gasteiger partial charge in [-0.25, -0.2) is 0 Å². The van der Waals surface area contributed by atoms with Crippen molar-refractivity contribution in [2.75, 3.05) is 16.8 Å². The second-order valence-corrected chi connectivity index (χ2v) is 8.63. The quantitative estimate of drug-likeness (QED) is 0.575. The lowest BCUT2D eigenvalue weighted by molar-refractivity contribution is -0.131. The molecule has 2 amide bonds. The molecule has 1 aliphatic carbocycles. The first-order valence-corrected chi connectivity index (χ1v) is 11.3. The number of hydrogen-bond acceptors (Lipinski definition) is 5. The number of aryl methyl sites for hydroxylation is 1. The average molecular weight is 424 g/mol. The fraction of sp³-hybridized carbons (Fsp3) is 0.348. The molecule has 1 N–H and O–H groups in total. The minimum atomic E-state index is -0.193. The predicted octanol–water partition coefficient (Wildman–Crippen LogP) is 4.56. The first-order chi connectivity index (χ1) is 14.5. The lowest BCUT2D eigenvalue weighted by Crippen LogP contribution is -2.37. The summed E-state index contributed by atoms with van der Waals surface area (Å²) in [7, 11) is 0. The number of carbonyl (C=O) groups excluding carboxylic acids is 2. The summed E-state index contributed by atoms with van der Waals surface area (Å²) in [6.45, 7) is 3.86. The Morgan fingerprint density at radius 1 is 1.20 bits per heavy atom. The highest BCUT2D eigenvalue weighted by atomic mass is 32.2. The van der Waals surface area contributed by atoms with E-state index in [1.54, 1.807) is 13.0 Å². The van der Waals surface area contributed by atoms with Crippen molar-refractivity contribution in [3.8, 4) is 0 Å². The molecule has 2 aromatic carbocycles. The largest absolute Gasteiger partial charge is 0.360 e. The van der Waals surface area contributed by atoms with Crippen LogP contribution in [-0.4, -0.2) is 39.4 Å². The maximum absolute atomic E-state index is 13.1. The van der Waals surface area contributed by atoms with E-state index in [0.29, 0.717) is 17.6 Å². The third kappa shape index (κ3) is 4.67. The average Bonchev–Trinajstić information content (AvgIpc) is 3.48. The van der Waals surface area contributed by atoms with Gasteiger partial charge in [0.25, 0.3) is 0 Å². The summed E-state index contributed by atoms with van der Waals surface area (Å²) < 4.78 is 4.94. The van der Waals surface area contributed by atoms with Crippen molar-refractivity contribution in [3.63, 3.8) is 0 Å². The molecule has 1 aromatic heterocycles. The molecule has 1 saturated carbocycles. The van der Waals surface area contributed by atoms with Gasteiger partial charge in [-0.05, 0) is 43.0 Å². The Morgan fingerprint density at radius 2 is 1.97 bits per heavy atom. The third-order valence-corrected chi connectivity index (χ3v) is 6.19. The fourth-order valence-corrected chi connectivity index (χ4v) is 4.45. The molecular formula is C23H25N3O3S. The van der Waals surface area contributed by atoms with E-state index in [0.717, 1.165) is 18.4 Å². The van der Waals surface area contributed by atoms with Crippen molar-refractivity contribution in [1.82, 2.24) is 10.1 Å². The number of nitrogens with one attached hydrogen (secondary N) is 1. The van der Waals surface area contributed by atoms with Crippen molar-refractivity contribution >= 4 is 40.2 Å². The van der Waals surface area contributed by atoms with Gasteiger partial charge in [0.2, 0.25) is 11.8 Å². The Hall–Kier alpha value is -2.80. The summed E-state index contributed by atoms with van der Waals surface area (Å²) in [6, 6.07) is 16.5.